The van der Waals surface area contributed by atoms with Gasteiger partial charge in [0.05, 0.1) is 24.6 Å². The highest BCUT2D eigenvalue weighted by atomic mass is 16.5. The maximum absolute atomic E-state index is 13.0. The van der Waals surface area contributed by atoms with E-state index in [1.165, 1.54) is 17.9 Å². The van der Waals surface area contributed by atoms with Crippen molar-refractivity contribution in [1.29, 1.82) is 0 Å². The summed E-state index contributed by atoms with van der Waals surface area (Å²) in [7, 11) is 3.01. The van der Waals surface area contributed by atoms with Gasteiger partial charge in [0, 0.05) is 40.0 Å². The molecule has 2 saturated heterocycles. The van der Waals surface area contributed by atoms with Crippen LogP contribution in [0.1, 0.15) is 51.5 Å². The van der Waals surface area contributed by atoms with Gasteiger partial charge in [0.15, 0.2) is 11.2 Å². The number of hydrogen-bond donors (Lipinski definition) is 2. The van der Waals surface area contributed by atoms with Gasteiger partial charge in [0.1, 0.15) is 5.60 Å². The quantitative estimate of drug-likeness (QED) is 0.579. The molecule has 0 saturated carbocycles. The normalized spacial score (nSPS) is 25.1. The number of amides is 1. The van der Waals surface area contributed by atoms with Crippen LogP contribution in [-0.2, 0) is 23.6 Å². The third kappa shape index (κ3) is 4.13. The number of carbonyl (C=O) groups excluding carboxylic acids is 1. The van der Waals surface area contributed by atoms with Gasteiger partial charge in [-0.05, 0) is 39.2 Å². The lowest BCUT2D eigenvalue weighted by Gasteiger charge is -2.51. The summed E-state index contributed by atoms with van der Waals surface area (Å²) in [6, 6.07) is -0.465. The first-order chi connectivity index (χ1) is 15.6. The lowest BCUT2D eigenvalue weighted by molar-refractivity contribution is -0.201. The van der Waals surface area contributed by atoms with Gasteiger partial charge in [-0.2, -0.15) is 0 Å². The number of nitrogens with zero attached hydrogens (tertiary/aromatic N) is 5. The van der Waals surface area contributed by atoms with Crippen LogP contribution >= 0.6 is 0 Å². The van der Waals surface area contributed by atoms with E-state index in [-0.39, 0.29) is 23.7 Å². The lowest BCUT2D eigenvalue weighted by Crippen LogP contribution is -2.57. The minimum atomic E-state index is -1.23. The van der Waals surface area contributed by atoms with E-state index in [1.54, 1.807) is 18.5 Å². The summed E-state index contributed by atoms with van der Waals surface area (Å²) in [5, 5.41) is 11.2. The molecule has 4 rings (SSSR count). The zero-order chi connectivity index (χ0) is 24.0. The topological polar surface area (TPSA) is 138 Å². The van der Waals surface area contributed by atoms with Crippen LogP contribution in [-0.4, -0.2) is 72.0 Å². The number of aryl methyl sites for hydroxylation is 1. The molecule has 4 heterocycles. The predicted octanol–water partition coefficient (Wildman–Crippen LogP) is -0.364. The number of ether oxygens (including phenoxy) is 1. The van der Waals surface area contributed by atoms with Crippen LogP contribution in [0.2, 0.25) is 0 Å². The Morgan fingerprint density at radius 1 is 1.24 bits per heavy atom. The molecular weight excluding hydrogens is 428 g/mol. The number of likely N-dealkylation sites (tertiary alicyclic amines) is 1. The molecular formula is C22H34N6O5. The summed E-state index contributed by atoms with van der Waals surface area (Å²) in [6.07, 6.45) is 5.46. The third-order valence-electron chi connectivity index (χ3n) is 7.33. The first kappa shape index (κ1) is 23.7. The summed E-state index contributed by atoms with van der Waals surface area (Å²) in [5.74, 6) is 0.141. The second-order valence-electron chi connectivity index (χ2n) is 9.71. The van der Waals surface area contributed by atoms with Crippen molar-refractivity contribution < 1.29 is 14.6 Å². The van der Waals surface area contributed by atoms with Crippen molar-refractivity contribution in [1.82, 2.24) is 23.6 Å². The maximum Gasteiger partial charge on any atom is 0.332 e. The van der Waals surface area contributed by atoms with Crippen molar-refractivity contribution in [2.24, 2.45) is 19.8 Å². The second kappa shape index (κ2) is 8.69. The number of hydrogen-bond acceptors (Lipinski definition) is 7. The number of carbonyl (C=O) groups is 1. The molecule has 2 aliphatic heterocycles. The van der Waals surface area contributed by atoms with E-state index in [9.17, 15) is 19.5 Å². The Bertz CT molecular complexity index is 1150. The summed E-state index contributed by atoms with van der Waals surface area (Å²) < 4.78 is 10.3. The summed E-state index contributed by atoms with van der Waals surface area (Å²) >= 11 is 0. The number of nitrogens with two attached hydrogens (primary N) is 1. The van der Waals surface area contributed by atoms with E-state index in [0.29, 0.717) is 45.3 Å². The monoisotopic (exact) mass is 462 g/mol. The van der Waals surface area contributed by atoms with Gasteiger partial charge >= 0.3 is 5.69 Å². The number of rotatable bonds is 5. The van der Waals surface area contributed by atoms with Gasteiger partial charge < -0.3 is 25.0 Å². The fraction of sp³-hybridized carbons (Fsp3) is 0.727. The van der Waals surface area contributed by atoms with E-state index in [2.05, 4.69) is 4.98 Å². The Morgan fingerprint density at radius 2 is 1.94 bits per heavy atom. The first-order valence-corrected chi connectivity index (χ1v) is 11.6. The van der Waals surface area contributed by atoms with Crippen LogP contribution < -0.4 is 17.0 Å². The molecule has 0 bridgehead atoms. The number of aliphatic hydroxyl groups is 1. The smallest absolute Gasteiger partial charge is 0.332 e. The Hall–Kier alpha value is -2.50. The number of fused-ring (bicyclic) bond motifs is 1. The van der Waals surface area contributed by atoms with Gasteiger partial charge in [0.2, 0.25) is 5.91 Å². The van der Waals surface area contributed by atoms with Gasteiger partial charge in [0.25, 0.3) is 5.56 Å². The van der Waals surface area contributed by atoms with Crippen LogP contribution in [0, 0.1) is 0 Å². The van der Waals surface area contributed by atoms with E-state index in [1.807, 2.05) is 4.90 Å². The molecule has 1 spiro atoms. The molecule has 1 amide bonds. The molecule has 33 heavy (non-hydrogen) atoms. The summed E-state index contributed by atoms with van der Waals surface area (Å²) in [4.78, 5) is 44.0. The maximum atomic E-state index is 13.0. The van der Waals surface area contributed by atoms with E-state index in [4.69, 9.17) is 10.5 Å². The van der Waals surface area contributed by atoms with Crippen LogP contribution in [0.5, 0.6) is 0 Å². The van der Waals surface area contributed by atoms with Gasteiger partial charge in [-0.1, -0.05) is 0 Å². The molecule has 182 valence electrons. The summed E-state index contributed by atoms with van der Waals surface area (Å²) in [6.45, 7) is 3.58. The molecule has 11 nitrogen and oxygen atoms in total. The zero-order valence-electron chi connectivity index (χ0n) is 19.6. The number of unbranched alkanes of at least 4 members (excludes halogenated alkanes) is 1. The van der Waals surface area contributed by atoms with Crippen molar-refractivity contribution in [3.05, 3.63) is 27.2 Å². The van der Waals surface area contributed by atoms with Crippen molar-refractivity contribution >= 4 is 17.1 Å². The van der Waals surface area contributed by atoms with Gasteiger partial charge in [-0.15, -0.1) is 0 Å². The van der Waals surface area contributed by atoms with E-state index >= 15 is 0 Å². The Kier molecular flexibility index (Phi) is 6.23. The standard InChI is InChI=1S/C22H34N6O5/c1-21(32)13-33-22(7-10-27(11-8-22)16(29)6-4-5-9-23)12-15(21)28-14-24-18-17(28)19(30)26(3)20(31)25(18)2/h14-15,32H,4-13,23H2,1-3H3/t15-,21-/m0/s1. The lowest BCUT2D eigenvalue weighted by atomic mass is 9.77. The van der Waals surface area contributed by atoms with Crippen LogP contribution in [0.25, 0.3) is 11.2 Å². The largest absolute Gasteiger partial charge is 0.386 e. The average molecular weight is 463 g/mol. The molecule has 2 fully saturated rings. The Balaban J connectivity index is 1.59. The molecule has 2 aromatic heterocycles. The summed E-state index contributed by atoms with van der Waals surface area (Å²) in [5.41, 5.74) is 3.48. The Labute approximate surface area is 191 Å². The van der Waals surface area contributed by atoms with Crippen molar-refractivity contribution in [2.45, 2.75) is 62.7 Å². The Morgan fingerprint density at radius 3 is 2.61 bits per heavy atom. The number of piperidine rings is 1. The predicted molar refractivity (Wildman–Crippen MR) is 122 cm³/mol. The molecule has 0 radical (unpaired) electrons. The SMILES string of the molecule is Cn1c(=O)c2c(ncn2[C@H]2CC3(CCN(C(=O)CCCCN)CC3)OC[C@]2(C)O)n(C)c1=O. The number of imidazole rings is 1. The molecule has 0 aliphatic carbocycles. The van der Waals surface area contributed by atoms with Crippen molar-refractivity contribution in [2.75, 3.05) is 26.2 Å². The third-order valence-corrected chi connectivity index (χ3v) is 7.33. The number of aromatic nitrogens is 4. The zero-order valence-corrected chi connectivity index (χ0v) is 19.6. The minimum absolute atomic E-state index is 0.105. The molecule has 0 aromatic carbocycles. The minimum Gasteiger partial charge on any atom is -0.386 e. The molecule has 2 aliphatic rings. The fourth-order valence-electron chi connectivity index (χ4n) is 5.12. The van der Waals surface area contributed by atoms with E-state index in [0.717, 1.165) is 17.4 Å². The highest BCUT2D eigenvalue weighted by Crippen LogP contribution is 2.44. The molecule has 11 heteroatoms. The highest BCUT2D eigenvalue weighted by molar-refractivity contribution is 5.76. The van der Waals surface area contributed by atoms with Crippen molar-refractivity contribution in [3.63, 3.8) is 0 Å². The molecule has 2 aromatic rings. The highest BCUT2D eigenvalue weighted by Gasteiger charge is 2.50. The van der Waals surface area contributed by atoms with Gasteiger partial charge in [-0.25, -0.2) is 9.78 Å². The van der Waals surface area contributed by atoms with Crippen molar-refractivity contribution in [3.8, 4) is 0 Å². The average Bonchev–Trinajstić information content (AvgIpc) is 3.23. The van der Waals surface area contributed by atoms with Gasteiger partial charge in [-0.3, -0.25) is 18.7 Å². The molecule has 3 N–H and O–H groups in total. The van der Waals surface area contributed by atoms with E-state index < -0.39 is 28.5 Å². The second-order valence-corrected chi connectivity index (χ2v) is 9.71. The first-order valence-electron chi connectivity index (χ1n) is 11.6. The van der Waals surface area contributed by atoms with Crippen LogP contribution in [0.15, 0.2) is 15.9 Å². The van der Waals surface area contributed by atoms with Crippen LogP contribution in [0.3, 0.4) is 0 Å². The van der Waals surface area contributed by atoms with Crippen LogP contribution in [0.4, 0.5) is 0 Å². The molecule has 0 unspecified atom stereocenters. The molecule has 2 atom stereocenters. The fourth-order valence-corrected chi connectivity index (χ4v) is 5.12.